The van der Waals surface area contributed by atoms with Crippen LogP contribution in [-0.2, 0) is 9.59 Å². The second-order valence-corrected chi connectivity index (χ2v) is 9.08. The minimum absolute atomic E-state index is 0.184. The van der Waals surface area contributed by atoms with Crippen molar-refractivity contribution in [1.82, 2.24) is 4.90 Å². The number of benzene rings is 2. The zero-order chi connectivity index (χ0) is 22.0. The molecular weight excluding hydrogens is 472 g/mol. The molecule has 0 spiro atoms. The summed E-state index contributed by atoms with van der Waals surface area (Å²) in [6.45, 7) is 0. The highest BCUT2D eigenvalue weighted by molar-refractivity contribution is 9.10. The molecule has 2 fully saturated rings. The van der Waals surface area contributed by atoms with Gasteiger partial charge in [0.1, 0.15) is 6.04 Å². The fraction of sp³-hybridized carbons (Fsp3) is 0.160. The molecule has 0 aliphatic carbocycles. The first-order valence-corrected chi connectivity index (χ1v) is 11.1. The molecule has 0 unspecified atom stereocenters. The third kappa shape index (κ3) is 2.61. The van der Waals surface area contributed by atoms with Crippen LogP contribution in [0.2, 0.25) is 0 Å². The van der Waals surface area contributed by atoms with Gasteiger partial charge in [0.2, 0.25) is 17.6 Å². The monoisotopic (exact) mass is 488 g/mol. The fourth-order valence-electron chi connectivity index (χ4n) is 5.27. The Hall–Kier alpha value is -3.45. The van der Waals surface area contributed by atoms with E-state index >= 15 is 0 Å². The van der Waals surface area contributed by atoms with Crippen molar-refractivity contribution in [1.29, 1.82) is 0 Å². The van der Waals surface area contributed by atoms with Crippen LogP contribution in [0.15, 0.2) is 82.0 Å². The first-order chi connectivity index (χ1) is 15.6. The number of nitrogens with zero attached hydrogens (tertiary/aromatic N) is 2. The van der Waals surface area contributed by atoms with Gasteiger partial charge in [-0.15, -0.1) is 0 Å². The summed E-state index contributed by atoms with van der Waals surface area (Å²) in [4.78, 5) is 44.0. The highest BCUT2D eigenvalue weighted by Crippen LogP contribution is 2.53. The molecule has 0 N–H and O–H groups in total. The molecular formula is C25H17BrN2O4. The van der Waals surface area contributed by atoms with Gasteiger partial charge in [0.25, 0.3) is 0 Å². The molecule has 3 aromatic rings. The van der Waals surface area contributed by atoms with E-state index in [0.717, 1.165) is 15.6 Å². The lowest BCUT2D eigenvalue weighted by atomic mass is 9.84. The largest absolute Gasteiger partial charge is 0.461 e. The fourth-order valence-corrected chi connectivity index (χ4v) is 5.53. The van der Waals surface area contributed by atoms with E-state index in [2.05, 4.69) is 15.9 Å². The molecule has 2 amide bonds. The van der Waals surface area contributed by atoms with Gasteiger partial charge < -0.3 is 9.32 Å². The summed E-state index contributed by atoms with van der Waals surface area (Å²) in [5.41, 5.74) is 2.44. The molecule has 3 aliphatic heterocycles. The number of carbonyl (C=O) groups is 3. The summed E-state index contributed by atoms with van der Waals surface area (Å²) in [5, 5.41) is 0. The number of ketones is 1. The van der Waals surface area contributed by atoms with Crippen LogP contribution in [0.5, 0.6) is 0 Å². The predicted octanol–water partition coefficient (Wildman–Crippen LogP) is 4.44. The summed E-state index contributed by atoms with van der Waals surface area (Å²) in [7, 11) is 0. The Balaban J connectivity index is 1.50. The number of carbonyl (C=O) groups excluding carboxylic acids is 3. The van der Waals surface area contributed by atoms with Gasteiger partial charge in [0.15, 0.2) is 5.76 Å². The summed E-state index contributed by atoms with van der Waals surface area (Å²) in [5.74, 6) is -2.21. The standard InChI is InChI=1S/C25H17BrN2O4/c26-15-7-9-16(10-8-15)28-24(30)19-20(25(28)31)22(23(29)18-6-3-13-32-18)27-12-11-14-4-1-2-5-17(14)21(19)27/h1-13,19-22H/t19-,20+,21-,22-/m0/s1. The zero-order valence-electron chi connectivity index (χ0n) is 16.7. The number of Topliss-reactive ketones (excluding diaryl/α,β-unsaturated/α-hetero) is 1. The number of rotatable bonds is 3. The van der Waals surface area contributed by atoms with Crippen molar-refractivity contribution in [3.05, 3.63) is 94.5 Å². The molecule has 32 heavy (non-hydrogen) atoms. The number of imide groups is 1. The molecule has 6 rings (SSSR count). The Kier molecular flexibility index (Phi) is 4.23. The van der Waals surface area contributed by atoms with Gasteiger partial charge in [0, 0.05) is 10.7 Å². The second kappa shape index (κ2) is 7.03. The van der Waals surface area contributed by atoms with Gasteiger partial charge in [-0.05, 0) is 53.6 Å². The molecule has 6 nitrogen and oxygen atoms in total. The van der Waals surface area contributed by atoms with Crippen molar-refractivity contribution >= 4 is 45.3 Å². The summed E-state index contributed by atoms with van der Waals surface area (Å²) in [6.07, 6.45) is 5.20. The van der Waals surface area contributed by atoms with Crippen LogP contribution in [0.1, 0.15) is 27.7 Å². The maximum absolute atomic E-state index is 13.7. The summed E-state index contributed by atoms with van der Waals surface area (Å²) < 4.78 is 6.23. The first kappa shape index (κ1) is 19.3. The van der Waals surface area contributed by atoms with Crippen LogP contribution in [0.4, 0.5) is 5.69 Å². The summed E-state index contributed by atoms with van der Waals surface area (Å²) >= 11 is 3.39. The molecule has 2 saturated heterocycles. The number of anilines is 1. The molecule has 0 bridgehead atoms. The lowest BCUT2D eigenvalue weighted by molar-refractivity contribution is -0.123. The molecule has 2 aromatic carbocycles. The van der Waals surface area contributed by atoms with Gasteiger partial charge in [-0.2, -0.15) is 0 Å². The number of hydrogen-bond donors (Lipinski definition) is 0. The highest BCUT2D eigenvalue weighted by atomic mass is 79.9. The molecule has 158 valence electrons. The normalized spacial score (nSPS) is 25.7. The zero-order valence-corrected chi connectivity index (χ0v) is 18.3. The predicted molar refractivity (Wildman–Crippen MR) is 120 cm³/mol. The Bertz CT molecular complexity index is 1280. The van der Waals surface area contributed by atoms with E-state index in [9.17, 15) is 14.4 Å². The minimum Gasteiger partial charge on any atom is -0.461 e. The molecule has 3 aliphatic rings. The van der Waals surface area contributed by atoms with Gasteiger partial charge in [-0.1, -0.05) is 40.2 Å². The van der Waals surface area contributed by atoms with E-state index < -0.39 is 23.9 Å². The van der Waals surface area contributed by atoms with Crippen LogP contribution in [0, 0.1) is 11.8 Å². The number of hydrogen-bond acceptors (Lipinski definition) is 5. The lowest BCUT2D eigenvalue weighted by Crippen LogP contribution is -2.44. The van der Waals surface area contributed by atoms with Crippen LogP contribution in [-0.4, -0.2) is 28.5 Å². The molecule has 0 saturated carbocycles. The molecule has 7 heteroatoms. The molecule has 0 radical (unpaired) electrons. The van der Waals surface area contributed by atoms with Crippen molar-refractivity contribution in [3.8, 4) is 0 Å². The van der Waals surface area contributed by atoms with Crippen LogP contribution in [0.3, 0.4) is 0 Å². The van der Waals surface area contributed by atoms with Crippen LogP contribution >= 0.6 is 15.9 Å². The van der Waals surface area contributed by atoms with Crippen molar-refractivity contribution in [3.63, 3.8) is 0 Å². The Labute approximate surface area is 192 Å². The quantitative estimate of drug-likeness (QED) is 0.402. The van der Waals surface area contributed by atoms with E-state index in [1.807, 2.05) is 41.4 Å². The third-order valence-electron chi connectivity index (χ3n) is 6.58. The minimum atomic E-state index is -0.822. The Morgan fingerprint density at radius 3 is 2.41 bits per heavy atom. The number of amides is 2. The third-order valence-corrected chi connectivity index (χ3v) is 7.11. The highest BCUT2D eigenvalue weighted by Gasteiger charge is 2.64. The average molecular weight is 489 g/mol. The molecule has 1 aromatic heterocycles. The van der Waals surface area contributed by atoms with Crippen molar-refractivity contribution < 1.29 is 18.8 Å². The van der Waals surface area contributed by atoms with Crippen LogP contribution in [0.25, 0.3) is 6.08 Å². The second-order valence-electron chi connectivity index (χ2n) is 8.16. The topological polar surface area (TPSA) is 70.8 Å². The number of fused-ring (bicyclic) bond motifs is 5. The molecule has 4 atom stereocenters. The van der Waals surface area contributed by atoms with Gasteiger partial charge >= 0.3 is 0 Å². The van der Waals surface area contributed by atoms with Gasteiger partial charge in [0.05, 0.1) is 29.8 Å². The number of halogens is 1. The SMILES string of the molecule is O=C(c1ccco1)[C@@H]1[C@@H]2C(=O)N(c3ccc(Br)cc3)C(=O)[C@@H]2[C@@H]2c3ccccc3C=CN12. The van der Waals surface area contributed by atoms with E-state index in [-0.39, 0.29) is 23.4 Å². The van der Waals surface area contributed by atoms with E-state index in [4.69, 9.17) is 4.42 Å². The Morgan fingerprint density at radius 1 is 0.906 bits per heavy atom. The lowest BCUT2D eigenvalue weighted by Gasteiger charge is -2.35. The van der Waals surface area contributed by atoms with Crippen molar-refractivity contribution in [2.45, 2.75) is 12.1 Å². The van der Waals surface area contributed by atoms with Crippen LogP contribution < -0.4 is 4.90 Å². The average Bonchev–Trinajstić information content (AvgIpc) is 3.51. The number of furan rings is 1. The molecule has 4 heterocycles. The smallest absolute Gasteiger partial charge is 0.240 e. The van der Waals surface area contributed by atoms with Crippen molar-refractivity contribution in [2.24, 2.45) is 11.8 Å². The van der Waals surface area contributed by atoms with Crippen molar-refractivity contribution in [2.75, 3.05) is 4.90 Å². The van der Waals surface area contributed by atoms with E-state index in [0.29, 0.717) is 5.69 Å². The van der Waals surface area contributed by atoms with E-state index in [1.165, 1.54) is 11.2 Å². The first-order valence-electron chi connectivity index (χ1n) is 10.3. The maximum atomic E-state index is 13.7. The van der Waals surface area contributed by atoms with Gasteiger partial charge in [-0.25, -0.2) is 4.90 Å². The van der Waals surface area contributed by atoms with E-state index in [1.54, 1.807) is 36.4 Å². The summed E-state index contributed by atoms with van der Waals surface area (Å²) in [6, 6.07) is 16.9. The maximum Gasteiger partial charge on any atom is 0.240 e. The Morgan fingerprint density at radius 2 is 1.66 bits per heavy atom. The van der Waals surface area contributed by atoms with Gasteiger partial charge in [-0.3, -0.25) is 14.4 Å².